The highest BCUT2D eigenvalue weighted by atomic mass is 16.5. The smallest absolute Gasteiger partial charge is 0.333 e. The van der Waals surface area contributed by atoms with Crippen LogP contribution in [0.5, 0.6) is 5.75 Å². The first-order chi connectivity index (χ1) is 10.6. The summed E-state index contributed by atoms with van der Waals surface area (Å²) >= 11 is 0. The molecular weight excluding hydrogens is 276 g/mol. The number of phenols is 1. The number of ether oxygens (including phenoxy) is 1. The quantitative estimate of drug-likeness (QED) is 0.495. The van der Waals surface area contributed by atoms with Crippen LogP contribution in [0.1, 0.15) is 18.9 Å². The minimum absolute atomic E-state index is 0.267. The Kier molecular flexibility index (Phi) is 5.37. The van der Waals surface area contributed by atoms with E-state index in [1.807, 2.05) is 42.5 Å². The number of carbonyl (C=O) groups excluding carboxylic acids is 1. The molecule has 2 rings (SSSR count). The zero-order valence-corrected chi connectivity index (χ0v) is 12.7. The predicted octanol–water partition coefficient (Wildman–Crippen LogP) is 4.11. The fourth-order valence-corrected chi connectivity index (χ4v) is 2.15. The molecule has 2 aromatic rings. The van der Waals surface area contributed by atoms with Crippen molar-refractivity contribution in [1.82, 2.24) is 0 Å². The van der Waals surface area contributed by atoms with Crippen LogP contribution >= 0.6 is 0 Å². The van der Waals surface area contributed by atoms with E-state index in [1.165, 1.54) is 0 Å². The number of carbonyl (C=O) groups is 1. The Balaban J connectivity index is 1.98. The largest absolute Gasteiger partial charge is 0.507 e. The molecule has 0 unspecified atom stereocenters. The number of benzene rings is 2. The average molecular weight is 296 g/mol. The van der Waals surface area contributed by atoms with E-state index < -0.39 is 0 Å². The maximum absolute atomic E-state index is 11.3. The molecule has 0 aliphatic rings. The lowest BCUT2D eigenvalue weighted by Gasteiger charge is -2.09. The normalized spacial score (nSPS) is 10.2. The summed E-state index contributed by atoms with van der Waals surface area (Å²) in [4.78, 5) is 11.3. The molecule has 22 heavy (non-hydrogen) atoms. The minimum Gasteiger partial charge on any atom is -0.507 e. The van der Waals surface area contributed by atoms with Gasteiger partial charge in [-0.05, 0) is 43.0 Å². The molecule has 0 heterocycles. The minimum atomic E-state index is -0.351. The summed E-state index contributed by atoms with van der Waals surface area (Å²) < 4.78 is 5.08. The van der Waals surface area contributed by atoms with Gasteiger partial charge in [0.1, 0.15) is 5.75 Å². The monoisotopic (exact) mass is 296 g/mol. The second-order valence-corrected chi connectivity index (χ2v) is 5.24. The van der Waals surface area contributed by atoms with Crippen molar-refractivity contribution >= 4 is 5.97 Å². The van der Waals surface area contributed by atoms with Gasteiger partial charge < -0.3 is 9.84 Å². The topological polar surface area (TPSA) is 46.5 Å². The third-order valence-corrected chi connectivity index (χ3v) is 3.34. The molecule has 0 fully saturated rings. The highest BCUT2D eigenvalue weighted by Crippen LogP contribution is 2.30. The van der Waals surface area contributed by atoms with Gasteiger partial charge in [0, 0.05) is 11.1 Å². The van der Waals surface area contributed by atoms with Gasteiger partial charge in [-0.2, -0.15) is 0 Å². The number of rotatable bonds is 6. The number of hydrogen-bond acceptors (Lipinski definition) is 3. The molecule has 0 aliphatic carbocycles. The van der Waals surface area contributed by atoms with Crippen molar-refractivity contribution in [3.05, 3.63) is 66.2 Å². The van der Waals surface area contributed by atoms with Crippen molar-refractivity contribution in [3.8, 4) is 16.9 Å². The molecule has 0 spiro atoms. The number of aromatic hydroxyl groups is 1. The van der Waals surface area contributed by atoms with Crippen molar-refractivity contribution in [2.24, 2.45) is 0 Å². The van der Waals surface area contributed by atoms with Gasteiger partial charge in [0.05, 0.1) is 6.61 Å². The van der Waals surface area contributed by atoms with Gasteiger partial charge in [-0.3, -0.25) is 0 Å². The van der Waals surface area contributed by atoms with Crippen molar-refractivity contribution in [2.75, 3.05) is 6.61 Å². The van der Waals surface area contributed by atoms with Gasteiger partial charge in [-0.1, -0.05) is 43.0 Å². The van der Waals surface area contributed by atoms with Crippen LogP contribution in [0.3, 0.4) is 0 Å². The van der Waals surface area contributed by atoms with Crippen molar-refractivity contribution in [3.63, 3.8) is 0 Å². The molecule has 3 nitrogen and oxygen atoms in total. The fraction of sp³-hybridized carbons (Fsp3) is 0.211. The van der Waals surface area contributed by atoms with Crippen LogP contribution < -0.4 is 0 Å². The first-order valence-electron chi connectivity index (χ1n) is 7.28. The summed E-state index contributed by atoms with van der Waals surface area (Å²) in [6.07, 6.45) is 1.52. The van der Waals surface area contributed by atoms with E-state index in [1.54, 1.807) is 13.0 Å². The van der Waals surface area contributed by atoms with Crippen LogP contribution in [0.15, 0.2) is 60.7 Å². The van der Waals surface area contributed by atoms with Crippen molar-refractivity contribution in [2.45, 2.75) is 19.8 Å². The number of esters is 1. The maximum Gasteiger partial charge on any atom is 0.333 e. The van der Waals surface area contributed by atoms with Crippen molar-refractivity contribution < 1.29 is 14.6 Å². The van der Waals surface area contributed by atoms with Crippen LogP contribution in [0.4, 0.5) is 0 Å². The van der Waals surface area contributed by atoms with E-state index in [-0.39, 0.29) is 11.7 Å². The third kappa shape index (κ3) is 4.22. The molecular formula is C19H20O3. The maximum atomic E-state index is 11.3. The zero-order chi connectivity index (χ0) is 15.9. The lowest BCUT2D eigenvalue weighted by molar-refractivity contribution is -0.139. The summed E-state index contributed by atoms with van der Waals surface area (Å²) in [5.74, 6) is -0.0839. The molecule has 0 bridgehead atoms. The summed E-state index contributed by atoms with van der Waals surface area (Å²) in [5, 5.41) is 10.0. The van der Waals surface area contributed by atoms with Gasteiger partial charge in [0.25, 0.3) is 0 Å². The Morgan fingerprint density at radius 3 is 2.59 bits per heavy atom. The highest BCUT2D eigenvalue weighted by molar-refractivity contribution is 5.86. The van der Waals surface area contributed by atoms with Gasteiger partial charge in [0.2, 0.25) is 0 Å². The summed E-state index contributed by atoms with van der Waals surface area (Å²) in [6, 6.07) is 15.3. The van der Waals surface area contributed by atoms with Crippen LogP contribution in [0, 0.1) is 0 Å². The first kappa shape index (κ1) is 15.8. The van der Waals surface area contributed by atoms with E-state index in [2.05, 4.69) is 6.58 Å². The molecule has 3 heteroatoms. The molecule has 114 valence electrons. The Morgan fingerprint density at radius 2 is 1.91 bits per heavy atom. The first-order valence-corrected chi connectivity index (χ1v) is 7.28. The zero-order valence-electron chi connectivity index (χ0n) is 12.7. The molecule has 1 N–H and O–H groups in total. The second kappa shape index (κ2) is 7.46. The number of aryl methyl sites for hydroxylation is 1. The third-order valence-electron chi connectivity index (χ3n) is 3.34. The Labute approximate surface area is 130 Å². The van der Waals surface area contributed by atoms with E-state index >= 15 is 0 Å². The molecule has 0 saturated carbocycles. The standard InChI is InChI=1S/C19H20O3/c1-14(2)19(21)22-12-6-7-15-10-11-18(20)17(13-15)16-8-4-3-5-9-16/h3-5,8-11,13,20H,1,6-7,12H2,2H3. The second-order valence-electron chi connectivity index (χ2n) is 5.24. The summed E-state index contributed by atoms with van der Waals surface area (Å²) in [6.45, 7) is 5.55. The lowest BCUT2D eigenvalue weighted by Crippen LogP contribution is -2.06. The predicted molar refractivity (Wildman–Crippen MR) is 87.6 cm³/mol. The van der Waals surface area contributed by atoms with Gasteiger partial charge in [-0.25, -0.2) is 4.79 Å². The van der Waals surface area contributed by atoms with Crippen LogP contribution in [0.2, 0.25) is 0 Å². The Bertz CT molecular complexity index is 660. The van der Waals surface area contributed by atoms with E-state index in [0.717, 1.165) is 29.5 Å². The summed E-state index contributed by atoms with van der Waals surface area (Å²) in [5.41, 5.74) is 3.31. The Hall–Kier alpha value is -2.55. The summed E-state index contributed by atoms with van der Waals surface area (Å²) in [7, 11) is 0. The molecule has 0 aliphatic heterocycles. The molecule has 0 aromatic heterocycles. The Morgan fingerprint density at radius 1 is 1.18 bits per heavy atom. The molecule has 0 amide bonds. The van der Waals surface area contributed by atoms with Crippen molar-refractivity contribution in [1.29, 1.82) is 0 Å². The van der Waals surface area contributed by atoms with Crippen LogP contribution in [-0.4, -0.2) is 17.7 Å². The van der Waals surface area contributed by atoms with Gasteiger partial charge in [0.15, 0.2) is 0 Å². The fourth-order valence-electron chi connectivity index (χ4n) is 2.15. The number of phenolic OH excluding ortho intramolecular Hbond substituents is 1. The molecule has 0 radical (unpaired) electrons. The lowest BCUT2D eigenvalue weighted by atomic mass is 10.00. The van der Waals surface area contributed by atoms with E-state index in [9.17, 15) is 9.90 Å². The van der Waals surface area contributed by atoms with E-state index in [4.69, 9.17) is 4.74 Å². The SMILES string of the molecule is C=C(C)C(=O)OCCCc1ccc(O)c(-c2ccccc2)c1. The average Bonchev–Trinajstić information content (AvgIpc) is 2.53. The molecule has 0 atom stereocenters. The molecule has 2 aromatic carbocycles. The number of hydrogen-bond donors (Lipinski definition) is 1. The molecule has 0 saturated heterocycles. The highest BCUT2D eigenvalue weighted by Gasteiger charge is 2.06. The van der Waals surface area contributed by atoms with Crippen LogP contribution in [-0.2, 0) is 16.0 Å². The van der Waals surface area contributed by atoms with Gasteiger partial charge in [-0.15, -0.1) is 0 Å². The van der Waals surface area contributed by atoms with E-state index in [0.29, 0.717) is 12.2 Å². The van der Waals surface area contributed by atoms with Crippen LogP contribution in [0.25, 0.3) is 11.1 Å². The van der Waals surface area contributed by atoms with Gasteiger partial charge >= 0.3 is 5.97 Å².